The predicted octanol–water partition coefficient (Wildman–Crippen LogP) is 2.02. The van der Waals surface area contributed by atoms with Crippen LogP contribution < -0.4 is 10.6 Å². The second kappa shape index (κ2) is 7.94. The summed E-state index contributed by atoms with van der Waals surface area (Å²) in [5, 5.41) is 5.00. The van der Waals surface area contributed by atoms with Crippen LogP contribution >= 0.6 is 0 Å². The summed E-state index contributed by atoms with van der Waals surface area (Å²) in [6.45, 7) is 5.16. The molecule has 0 aliphatic carbocycles. The van der Waals surface area contributed by atoms with Crippen molar-refractivity contribution in [1.82, 2.24) is 4.98 Å². The van der Waals surface area contributed by atoms with Gasteiger partial charge in [0.1, 0.15) is 23.2 Å². The summed E-state index contributed by atoms with van der Waals surface area (Å²) in [7, 11) is 0. The van der Waals surface area contributed by atoms with Crippen LogP contribution in [0.1, 0.15) is 24.5 Å². The monoisotopic (exact) mass is 410 g/mol. The highest BCUT2D eigenvalue weighted by Gasteiger charge is 2.46. The Bertz CT molecular complexity index is 1000. The molecular weight excluding hydrogens is 384 g/mol. The first-order valence-electron chi connectivity index (χ1n) is 10.3. The summed E-state index contributed by atoms with van der Waals surface area (Å²) < 4.78 is 22.8. The van der Waals surface area contributed by atoms with Gasteiger partial charge in [-0.2, -0.15) is 5.10 Å². The Balaban J connectivity index is 1.29. The standard InChI is InChI=1S/C22H26N4O4/c1-14(21(26-23)9-24-16-7-22(29-11-16)12-28-13-22)30-17-2-3-20-19(6-17)18-4-5-27-10-15(18)8-25-20/h2-3,6,8-9,14,16H,4-5,7,10-13,23H2,1H3/b24-9?,26-21+/t14-,16?/m1/s1. The number of nitrogens with two attached hydrogens (primary N) is 1. The molecule has 0 radical (unpaired) electrons. The van der Waals surface area contributed by atoms with E-state index < -0.39 is 0 Å². The number of hydrazone groups is 1. The number of aliphatic imine (C=N–C) groups is 1. The van der Waals surface area contributed by atoms with Crippen LogP contribution in [0, 0.1) is 0 Å². The fourth-order valence-electron chi connectivity index (χ4n) is 4.25. The molecule has 2 saturated heterocycles. The van der Waals surface area contributed by atoms with Gasteiger partial charge in [-0.25, -0.2) is 0 Å². The van der Waals surface area contributed by atoms with E-state index in [0.29, 0.717) is 32.1 Å². The van der Waals surface area contributed by atoms with E-state index in [2.05, 4.69) is 15.1 Å². The molecule has 158 valence electrons. The van der Waals surface area contributed by atoms with Crippen molar-refractivity contribution in [2.24, 2.45) is 15.9 Å². The van der Waals surface area contributed by atoms with Crippen LogP contribution in [0.15, 0.2) is 34.5 Å². The average Bonchev–Trinajstić information content (AvgIpc) is 3.19. The van der Waals surface area contributed by atoms with Crippen molar-refractivity contribution in [1.29, 1.82) is 0 Å². The summed E-state index contributed by atoms with van der Waals surface area (Å²) in [5.74, 6) is 6.38. The van der Waals surface area contributed by atoms with Crippen LogP contribution in [0.3, 0.4) is 0 Å². The lowest BCUT2D eigenvalue weighted by Crippen LogP contribution is -2.49. The Labute approximate surface area is 175 Å². The fraction of sp³-hybridized carbons (Fsp3) is 0.500. The Morgan fingerprint density at radius 1 is 1.37 bits per heavy atom. The minimum absolute atomic E-state index is 0.0957. The second-order valence-corrected chi connectivity index (χ2v) is 8.18. The molecule has 1 spiro atoms. The molecular formula is C22H26N4O4. The highest BCUT2D eigenvalue weighted by molar-refractivity contribution is 6.32. The van der Waals surface area contributed by atoms with Crippen LogP contribution in [0.2, 0.25) is 0 Å². The van der Waals surface area contributed by atoms with E-state index in [1.165, 1.54) is 5.56 Å². The molecule has 1 aromatic heterocycles. The van der Waals surface area contributed by atoms with Gasteiger partial charge in [0.05, 0.1) is 44.6 Å². The number of benzene rings is 1. The van der Waals surface area contributed by atoms with E-state index in [4.69, 9.17) is 24.8 Å². The smallest absolute Gasteiger partial charge is 0.141 e. The Kier molecular flexibility index (Phi) is 5.14. The minimum Gasteiger partial charge on any atom is -0.484 e. The third-order valence-electron chi connectivity index (χ3n) is 6.01. The molecule has 3 aliphatic heterocycles. The predicted molar refractivity (Wildman–Crippen MR) is 113 cm³/mol. The van der Waals surface area contributed by atoms with Gasteiger partial charge in [0.2, 0.25) is 0 Å². The molecule has 0 bridgehead atoms. The van der Waals surface area contributed by atoms with Gasteiger partial charge in [0, 0.05) is 24.2 Å². The quantitative estimate of drug-likeness (QED) is 0.460. The summed E-state index contributed by atoms with van der Waals surface area (Å²) in [5.41, 5.74) is 3.84. The lowest BCUT2D eigenvalue weighted by Gasteiger charge is -2.36. The maximum absolute atomic E-state index is 6.14. The van der Waals surface area contributed by atoms with Crippen molar-refractivity contribution >= 4 is 22.8 Å². The Morgan fingerprint density at radius 2 is 2.27 bits per heavy atom. The Hall–Kier alpha value is -2.55. The number of pyridine rings is 1. The molecule has 1 unspecified atom stereocenters. The van der Waals surface area contributed by atoms with E-state index in [-0.39, 0.29) is 17.7 Å². The van der Waals surface area contributed by atoms with Crippen molar-refractivity contribution < 1.29 is 18.9 Å². The van der Waals surface area contributed by atoms with Gasteiger partial charge in [-0.3, -0.25) is 9.98 Å². The van der Waals surface area contributed by atoms with Crippen LogP contribution in [-0.2, 0) is 27.2 Å². The molecule has 2 N–H and O–H groups in total. The number of rotatable bonds is 5. The summed E-state index contributed by atoms with van der Waals surface area (Å²) in [4.78, 5) is 9.16. The maximum atomic E-state index is 6.14. The van der Waals surface area contributed by atoms with Crippen LogP contribution in [0.25, 0.3) is 10.9 Å². The van der Waals surface area contributed by atoms with Crippen molar-refractivity contribution in [3.8, 4) is 5.75 Å². The van der Waals surface area contributed by atoms with E-state index in [1.54, 1.807) is 6.21 Å². The second-order valence-electron chi connectivity index (χ2n) is 8.18. The van der Waals surface area contributed by atoms with Gasteiger partial charge in [0.15, 0.2) is 0 Å². The molecule has 3 aliphatic rings. The third-order valence-corrected chi connectivity index (χ3v) is 6.01. The van der Waals surface area contributed by atoms with Gasteiger partial charge in [0.25, 0.3) is 0 Å². The SMILES string of the molecule is C[C@@H](Oc1ccc2ncc3c(c2c1)CCOC3)/C(C=NC1COC2(COC2)C1)=N/N. The first-order valence-corrected chi connectivity index (χ1v) is 10.3. The van der Waals surface area contributed by atoms with Gasteiger partial charge < -0.3 is 24.8 Å². The molecule has 2 aromatic rings. The highest BCUT2D eigenvalue weighted by Crippen LogP contribution is 2.34. The summed E-state index contributed by atoms with van der Waals surface area (Å²) in [6.07, 6.45) is 5.02. The molecule has 0 saturated carbocycles. The topological polar surface area (TPSA) is 101 Å². The highest BCUT2D eigenvalue weighted by atomic mass is 16.6. The molecule has 30 heavy (non-hydrogen) atoms. The molecule has 0 amide bonds. The lowest BCUT2D eigenvalue weighted by molar-refractivity contribution is -0.184. The van der Waals surface area contributed by atoms with Crippen molar-refractivity contribution in [3.05, 3.63) is 35.5 Å². The molecule has 1 aromatic carbocycles. The number of hydrogen-bond acceptors (Lipinski definition) is 8. The van der Waals surface area contributed by atoms with Crippen LogP contribution in [0.4, 0.5) is 0 Å². The number of nitrogens with zero attached hydrogens (tertiary/aromatic N) is 3. The first-order chi connectivity index (χ1) is 14.7. The van der Waals surface area contributed by atoms with E-state index >= 15 is 0 Å². The van der Waals surface area contributed by atoms with E-state index in [0.717, 1.165) is 41.7 Å². The maximum Gasteiger partial charge on any atom is 0.141 e. The molecule has 2 atom stereocenters. The van der Waals surface area contributed by atoms with Crippen LogP contribution in [0.5, 0.6) is 5.75 Å². The minimum atomic E-state index is -0.338. The van der Waals surface area contributed by atoms with Crippen molar-refractivity contribution in [2.45, 2.75) is 44.1 Å². The van der Waals surface area contributed by atoms with E-state index in [1.807, 2.05) is 31.3 Å². The van der Waals surface area contributed by atoms with Crippen molar-refractivity contribution in [3.63, 3.8) is 0 Å². The molecule has 8 heteroatoms. The molecule has 8 nitrogen and oxygen atoms in total. The first kappa shape index (κ1) is 19.4. The number of aromatic nitrogens is 1. The van der Waals surface area contributed by atoms with Gasteiger partial charge >= 0.3 is 0 Å². The Morgan fingerprint density at radius 3 is 3.03 bits per heavy atom. The summed E-state index contributed by atoms with van der Waals surface area (Å²) in [6, 6.07) is 6.04. The zero-order valence-corrected chi connectivity index (χ0v) is 17.0. The molecule has 2 fully saturated rings. The number of fused-ring (bicyclic) bond motifs is 3. The van der Waals surface area contributed by atoms with Gasteiger partial charge in [-0.1, -0.05) is 0 Å². The van der Waals surface area contributed by atoms with Gasteiger partial charge in [-0.05, 0) is 42.7 Å². The zero-order chi connectivity index (χ0) is 20.6. The van der Waals surface area contributed by atoms with Gasteiger partial charge in [-0.15, -0.1) is 0 Å². The van der Waals surface area contributed by atoms with E-state index in [9.17, 15) is 0 Å². The largest absolute Gasteiger partial charge is 0.484 e. The fourth-order valence-corrected chi connectivity index (χ4v) is 4.25. The summed E-state index contributed by atoms with van der Waals surface area (Å²) >= 11 is 0. The third kappa shape index (κ3) is 3.66. The zero-order valence-electron chi connectivity index (χ0n) is 17.0. The van der Waals surface area contributed by atoms with Crippen LogP contribution in [-0.4, -0.2) is 61.1 Å². The molecule has 5 rings (SSSR count). The number of hydrogen-bond donors (Lipinski definition) is 1. The number of ether oxygens (including phenoxy) is 4. The van der Waals surface area contributed by atoms with Crippen molar-refractivity contribution in [2.75, 3.05) is 26.4 Å². The molecule has 4 heterocycles. The average molecular weight is 410 g/mol. The lowest BCUT2D eigenvalue weighted by atomic mass is 9.96. The normalized spacial score (nSPS) is 24.2.